The number of hydrogen-bond acceptors (Lipinski definition) is 4. The second-order valence-corrected chi connectivity index (χ2v) is 7.01. The van der Waals surface area contributed by atoms with E-state index < -0.39 is 17.5 Å². The van der Waals surface area contributed by atoms with Crippen LogP contribution in [0.15, 0.2) is 59.0 Å². The number of benzene rings is 2. The van der Waals surface area contributed by atoms with Gasteiger partial charge in [0.05, 0.1) is 0 Å². The van der Waals surface area contributed by atoms with Crippen LogP contribution >= 0.6 is 0 Å². The summed E-state index contributed by atoms with van der Waals surface area (Å²) in [6.07, 6.45) is 1.10. The van der Waals surface area contributed by atoms with Crippen molar-refractivity contribution in [3.8, 4) is 11.3 Å². The first kappa shape index (κ1) is 19.1. The maximum Gasteiger partial charge on any atom is 0.291 e. The molecule has 1 aliphatic heterocycles. The van der Waals surface area contributed by atoms with E-state index in [1.54, 1.807) is 6.07 Å². The van der Waals surface area contributed by atoms with E-state index in [0.29, 0.717) is 17.3 Å². The van der Waals surface area contributed by atoms with E-state index in [4.69, 9.17) is 4.42 Å². The first-order chi connectivity index (χ1) is 14.0. The molecule has 0 radical (unpaired) electrons. The van der Waals surface area contributed by atoms with Crippen LogP contribution in [0.5, 0.6) is 0 Å². The van der Waals surface area contributed by atoms with Crippen LogP contribution < -0.4 is 15.5 Å². The summed E-state index contributed by atoms with van der Waals surface area (Å²) in [5.41, 5.74) is 2.12. The smallest absolute Gasteiger partial charge is 0.291 e. The molecule has 1 fully saturated rings. The van der Waals surface area contributed by atoms with Crippen LogP contribution in [0, 0.1) is 11.6 Å². The summed E-state index contributed by atoms with van der Waals surface area (Å²) in [5, 5.41) is 6.07. The molecule has 1 aromatic heterocycles. The van der Waals surface area contributed by atoms with Gasteiger partial charge >= 0.3 is 0 Å². The van der Waals surface area contributed by atoms with Crippen molar-refractivity contribution in [1.29, 1.82) is 0 Å². The van der Waals surface area contributed by atoms with E-state index in [-0.39, 0.29) is 11.5 Å². The van der Waals surface area contributed by atoms with Gasteiger partial charge in [-0.15, -0.1) is 0 Å². The molecule has 1 saturated heterocycles. The normalized spacial score (nSPS) is 16.2. The van der Waals surface area contributed by atoms with E-state index >= 15 is 0 Å². The maximum absolute atomic E-state index is 13.4. The van der Waals surface area contributed by atoms with Gasteiger partial charge in [-0.25, -0.2) is 8.78 Å². The summed E-state index contributed by atoms with van der Waals surface area (Å²) < 4.78 is 32.0. The van der Waals surface area contributed by atoms with Gasteiger partial charge in [-0.1, -0.05) is 0 Å². The minimum absolute atomic E-state index is 0.0882. The summed E-state index contributed by atoms with van der Waals surface area (Å²) in [5.74, 6) is -1.94. The quantitative estimate of drug-likeness (QED) is 0.675. The molecule has 2 N–H and O–H groups in total. The fourth-order valence-corrected chi connectivity index (χ4v) is 3.44. The molecule has 7 heteroatoms. The van der Waals surface area contributed by atoms with Crippen molar-refractivity contribution >= 4 is 17.3 Å². The molecule has 4 rings (SSSR count). The number of nitrogens with one attached hydrogen (secondary N) is 2. The molecule has 150 valence electrons. The van der Waals surface area contributed by atoms with Crippen molar-refractivity contribution in [2.45, 2.75) is 12.5 Å². The Hall–Kier alpha value is -3.19. The number of amides is 1. The number of likely N-dealkylation sites (N-methyl/N-ethyl adjacent to an activating group) is 1. The topological polar surface area (TPSA) is 57.5 Å². The van der Waals surface area contributed by atoms with Gasteiger partial charge in [-0.05, 0) is 68.1 Å². The highest BCUT2D eigenvalue weighted by Gasteiger charge is 2.21. The van der Waals surface area contributed by atoms with Crippen molar-refractivity contribution in [1.82, 2.24) is 5.32 Å². The van der Waals surface area contributed by atoms with Gasteiger partial charge in [-0.2, -0.15) is 0 Å². The third-order valence-corrected chi connectivity index (χ3v) is 5.12. The summed E-state index contributed by atoms with van der Waals surface area (Å²) in [6, 6.07) is 14.6. The Balaban J connectivity index is 1.42. The number of carbonyl (C=O) groups is 1. The molecular weight excluding hydrogens is 376 g/mol. The fourth-order valence-electron chi connectivity index (χ4n) is 3.44. The van der Waals surface area contributed by atoms with Gasteiger partial charge in [0, 0.05) is 36.1 Å². The molecule has 2 heterocycles. The third kappa shape index (κ3) is 4.14. The monoisotopic (exact) mass is 397 g/mol. The predicted octanol–water partition coefficient (Wildman–Crippen LogP) is 4.28. The van der Waals surface area contributed by atoms with Gasteiger partial charge in [-0.3, -0.25) is 4.79 Å². The highest BCUT2D eigenvalue weighted by molar-refractivity contribution is 6.02. The van der Waals surface area contributed by atoms with Crippen LogP contribution in [0.2, 0.25) is 0 Å². The van der Waals surface area contributed by atoms with Crippen LogP contribution in [0.25, 0.3) is 11.3 Å². The lowest BCUT2D eigenvalue weighted by Crippen LogP contribution is -2.29. The minimum Gasteiger partial charge on any atom is -0.451 e. The summed E-state index contributed by atoms with van der Waals surface area (Å²) >= 11 is 0. The van der Waals surface area contributed by atoms with Crippen LogP contribution in [0.1, 0.15) is 17.0 Å². The average molecular weight is 397 g/mol. The molecule has 3 aromatic rings. The van der Waals surface area contributed by atoms with Gasteiger partial charge in [0.1, 0.15) is 5.76 Å². The number of nitrogens with zero attached hydrogens (tertiary/aromatic N) is 1. The Kier molecular flexibility index (Phi) is 5.31. The molecule has 5 nitrogen and oxygen atoms in total. The van der Waals surface area contributed by atoms with Crippen LogP contribution in [0.3, 0.4) is 0 Å². The predicted molar refractivity (Wildman–Crippen MR) is 108 cm³/mol. The largest absolute Gasteiger partial charge is 0.451 e. The lowest BCUT2D eigenvalue weighted by Gasteiger charge is -2.19. The Bertz CT molecular complexity index is 1020. The first-order valence-corrected chi connectivity index (χ1v) is 9.42. The molecule has 0 spiro atoms. The molecule has 0 saturated carbocycles. The second-order valence-electron chi connectivity index (χ2n) is 7.01. The van der Waals surface area contributed by atoms with Crippen LogP contribution in [-0.4, -0.2) is 32.1 Å². The molecule has 1 unspecified atom stereocenters. The number of halogens is 2. The molecule has 1 atom stereocenters. The zero-order valence-electron chi connectivity index (χ0n) is 15.9. The number of furan rings is 1. The molecule has 0 aliphatic carbocycles. The van der Waals surface area contributed by atoms with Gasteiger partial charge < -0.3 is 20.0 Å². The summed E-state index contributed by atoms with van der Waals surface area (Å²) in [6.45, 7) is 1.96. The van der Waals surface area contributed by atoms with E-state index in [0.717, 1.165) is 37.3 Å². The van der Waals surface area contributed by atoms with Crippen molar-refractivity contribution in [3.05, 3.63) is 72.0 Å². The molecule has 1 amide bonds. The Morgan fingerprint density at radius 3 is 2.55 bits per heavy atom. The average Bonchev–Trinajstić information content (AvgIpc) is 3.40. The number of hydrogen-bond donors (Lipinski definition) is 2. The number of carbonyl (C=O) groups excluding carboxylic acids is 1. The third-order valence-electron chi connectivity index (χ3n) is 5.12. The van der Waals surface area contributed by atoms with Gasteiger partial charge in [0.2, 0.25) is 0 Å². The molecule has 29 heavy (non-hydrogen) atoms. The number of rotatable bonds is 5. The Labute approximate surface area is 167 Å². The maximum atomic E-state index is 13.4. The van der Waals surface area contributed by atoms with Crippen molar-refractivity contribution in [3.63, 3.8) is 0 Å². The Morgan fingerprint density at radius 1 is 1.07 bits per heavy atom. The Morgan fingerprint density at radius 2 is 1.86 bits per heavy atom. The van der Waals surface area contributed by atoms with E-state index in [2.05, 4.69) is 15.5 Å². The van der Waals surface area contributed by atoms with Crippen LogP contribution in [-0.2, 0) is 0 Å². The standard InChI is InChI=1S/C22H21F2N3O2/c1-25-16-10-11-27(13-16)17-5-3-15(4-6-17)26-22(28)21-9-8-20(29-21)14-2-7-18(23)19(24)12-14/h2-9,12,16,25H,10-11,13H2,1H3,(H,26,28). The van der Waals surface area contributed by atoms with E-state index in [1.165, 1.54) is 12.1 Å². The highest BCUT2D eigenvalue weighted by atomic mass is 19.2. The fraction of sp³-hybridized carbons (Fsp3) is 0.227. The molecule has 1 aliphatic rings. The number of anilines is 2. The zero-order chi connectivity index (χ0) is 20.4. The van der Waals surface area contributed by atoms with Crippen molar-refractivity contribution in [2.24, 2.45) is 0 Å². The molecule has 0 bridgehead atoms. The SMILES string of the molecule is CNC1CCN(c2ccc(NC(=O)c3ccc(-c4ccc(F)c(F)c4)o3)cc2)C1. The second kappa shape index (κ2) is 8.05. The lowest BCUT2D eigenvalue weighted by atomic mass is 10.1. The van der Waals surface area contributed by atoms with Gasteiger partial charge in [0.25, 0.3) is 5.91 Å². The summed E-state index contributed by atoms with van der Waals surface area (Å²) in [4.78, 5) is 14.7. The van der Waals surface area contributed by atoms with Crippen LogP contribution in [0.4, 0.5) is 20.2 Å². The first-order valence-electron chi connectivity index (χ1n) is 9.42. The highest BCUT2D eigenvalue weighted by Crippen LogP contribution is 2.25. The minimum atomic E-state index is -0.968. The zero-order valence-corrected chi connectivity index (χ0v) is 15.9. The lowest BCUT2D eigenvalue weighted by molar-refractivity contribution is 0.0997. The molecule has 2 aromatic carbocycles. The van der Waals surface area contributed by atoms with Gasteiger partial charge in [0.15, 0.2) is 17.4 Å². The summed E-state index contributed by atoms with van der Waals surface area (Å²) in [7, 11) is 1.97. The van der Waals surface area contributed by atoms with Crippen molar-refractivity contribution in [2.75, 3.05) is 30.4 Å². The molecular formula is C22H21F2N3O2. The van der Waals surface area contributed by atoms with E-state index in [1.807, 2.05) is 31.3 Å². The van der Waals surface area contributed by atoms with Crippen molar-refractivity contribution < 1.29 is 18.0 Å². The van der Waals surface area contributed by atoms with E-state index in [9.17, 15) is 13.6 Å².